The summed E-state index contributed by atoms with van der Waals surface area (Å²) in [7, 11) is -1.41. The Kier molecular flexibility index (Phi) is 10.5. The summed E-state index contributed by atoms with van der Waals surface area (Å²) in [5.41, 5.74) is 2.32. The zero-order chi connectivity index (χ0) is 30.7. The summed E-state index contributed by atoms with van der Waals surface area (Å²) < 4.78 is 0. The van der Waals surface area contributed by atoms with Gasteiger partial charge in [-0.25, -0.2) is 0 Å². The van der Waals surface area contributed by atoms with E-state index in [2.05, 4.69) is 183 Å². The molecule has 6 aromatic carbocycles. The molecule has 0 amide bonds. The fraction of sp³-hybridized carbons (Fsp3) is 0.0732. The SMILES string of the molecule is C[C@@H](CN=Cc1ccccc1P(c1ccccc1)c1ccccc1)N=Cc1ccccc1P(c1ccccc1)c1ccccc1. The Balaban J connectivity index is 1.23. The molecule has 6 rings (SSSR count). The van der Waals surface area contributed by atoms with Gasteiger partial charge in [0.05, 0.1) is 12.6 Å². The van der Waals surface area contributed by atoms with Crippen LogP contribution in [0.4, 0.5) is 0 Å². The van der Waals surface area contributed by atoms with Crippen LogP contribution in [0.25, 0.3) is 0 Å². The van der Waals surface area contributed by atoms with Crippen molar-refractivity contribution in [3.05, 3.63) is 181 Å². The van der Waals surface area contributed by atoms with E-state index in [1.165, 1.54) is 31.8 Å². The van der Waals surface area contributed by atoms with E-state index >= 15 is 0 Å². The van der Waals surface area contributed by atoms with E-state index in [4.69, 9.17) is 9.98 Å². The van der Waals surface area contributed by atoms with Gasteiger partial charge in [0, 0.05) is 23.6 Å². The minimum Gasteiger partial charge on any atom is -0.290 e. The minimum atomic E-state index is -0.707. The van der Waals surface area contributed by atoms with Crippen LogP contribution in [0, 0.1) is 0 Å². The van der Waals surface area contributed by atoms with E-state index < -0.39 is 15.8 Å². The highest BCUT2D eigenvalue weighted by Gasteiger charge is 2.20. The van der Waals surface area contributed by atoms with Crippen LogP contribution in [0.3, 0.4) is 0 Å². The number of nitrogens with zero attached hydrogens (tertiary/aromatic N) is 2. The quantitative estimate of drug-likeness (QED) is 0.109. The molecular weight excluding hydrogens is 582 g/mol. The van der Waals surface area contributed by atoms with Crippen LogP contribution < -0.4 is 31.8 Å². The van der Waals surface area contributed by atoms with Crippen molar-refractivity contribution in [1.82, 2.24) is 0 Å². The standard InChI is InChI=1S/C41H36N2P2/c1-33(43-32-35-19-15-17-29-41(35)45(38-24-10-4-11-25-38)39-26-12-5-13-27-39)30-42-31-34-18-14-16-28-40(34)44(36-20-6-2-7-21-36)37-22-8-3-9-23-37/h2-29,31-33H,30H2,1H3/t33-/m0/s1. The molecular formula is C41H36N2P2. The molecule has 220 valence electrons. The van der Waals surface area contributed by atoms with E-state index in [0.29, 0.717) is 6.54 Å². The second-order valence-electron chi connectivity index (χ2n) is 10.8. The van der Waals surface area contributed by atoms with E-state index in [1.54, 1.807) is 0 Å². The topological polar surface area (TPSA) is 24.7 Å². The molecule has 0 radical (unpaired) electrons. The van der Waals surface area contributed by atoms with Gasteiger partial charge in [-0.1, -0.05) is 170 Å². The molecule has 6 aromatic rings. The first-order chi connectivity index (χ1) is 22.3. The van der Waals surface area contributed by atoms with E-state index in [1.807, 2.05) is 6.21 Å². The van der Waals surface area contributed by atoms with Gasteiger partial charge in [-0.15, -0.1) is 0 Å². The number of hydrogen-bond acceptors (Lipinski definition) is 2. The summed E-state index contributed by atoms with van der Waals surface area (Å²) in [4.78, 5) is 9.90. The predicted octanol–water partition coefficient (Wildman–Crippen LogP) is 7.13. The predicted molar refractivity (Wildman–Crippen MR) is 200 cm³/mol. The normalized spacial score (nSPS) is 12.3. The zero-order valence-corrected chi connectivity index (χ0v) is 27.2. The van der Waals surface area contributed by atoms with Crippen LogP contribution in [-0.2, 0) is 0 Å². The van der Waals surface area contributed by atoms with Crippen LogP contribution >= 0.6 is 15.8 Å². The third kappa shape index (κ3) is 7.79. The van der Waals surface area contributed by atoms with Gasteiger partial charge in [-0.05, 0) is 54.6 Å². The average Bonchev–Trinajstić information content (AvgIpc) is 3.11. The van der Waals surface area contributed by atoms with Gasteiger partial charge in [0.2, 0.25) is 0 Å². The first-order valence-corrected chi connectivity index (χ1v) is 18.0. The van der Waals surface area contributed by atoms with Gasteiger partial charge in [-0.2, -0.15) is 0 Å². The number of aliphatic imine (C=N–C) groups is 2. The maximum atomic E-state index is 4.98. The lowest BCUT2D eigenvalue weighted by molar-refractivity contribution is 0.761. The van der Waals surface area contributed by atoms with Crippen LogP contribution in [0.1, 0.15) is 18.1 Å². The summed E-state index contributed by atoms with van der Waals surface area (Å²) in [5, 5.41) is 7.97. The second kappa shape index (κ2) is 15.5. The molecule has 0 heterocycles. The Morgan fingerprint density at radius 3 is 1.18 bits per heavy atom. The minimum absolute atomic E-state index is 0.0471. The highest BCUT2D eigenvalue weighted by molar-refractivity contribution is 7.80. The molecule has 0 aliphatic rings. The summed E-state index contributed by atoms with van der Waals surface area (Å²) in [6.07, 6.45) is 4.09. The second-order valence-corrected chi connectivity index (χ2v) is 15.1. The Hall–Kier alpha value is -4.48. The lowest BCUT2D eigenvalue weighted by Gasteiger charge is -2.21. The van der Waals surface area contributed by atoms with Crippen molar-refractivity contribution in [2.75, 3.05) is 6.54 Å². The Morgan fingerprint density at radius 1 is 0.444 bits per heavy atom. The first-order valence-electron chi connectivity index (χ1n) is 15.3. The molecule has 0 bridgehead atoms. The monoisotopic (exact) mass is 618 g/mol. The average molecular weight is 619 g/mol. The van der Waals surface area contributed by atoms with E-state index in [9.17, 15) is 0 Å². The molecule has 45 heavy (non-hydrogen) atoms. The van der Waals surface area contributed by atoms with E-state index in [-0.39, 0.29) is 6.04 Å². The Morgan fingerprint density at radius 2 is 0.778 bits per heavy atom. The lowest BCUT2D eigenvalue weighted by atomic mass is 10.2. The first kappa shape index (κ1) is 30.5. The van der Waals surface area contributed by atoms with Gasteiger partial charge in [0.15, 0.2) is 0 Å². The van der Waals surface area contributed by atoms with Gasteiger partial charge >= 0.3 is 0 Å². The summed E-state index contributed by atoms with van der Waals surface area (Å²) >= 11 is 0. The molecule has 0 aliphatic carbocycles. The maximum Gasteiger partial charge on any atom is 0.0666 e. The molecule has 4 heteroatoms. The maximum absolute atomic E-state index is 4.98. The van der Waals surface area contributed by atoms with Gasteiger partial charge in [0.25, 0.3) is 0 Å². The van der Waals surface area contributed by atoms with Gasteiger partial charge in [-0.3, -0.25) is 9.98 Å². The van der Waals surface area contributed by atoms with Crippen LogP contribution in [0.5, 0.6) is 0 Å². The van der Waals surface area contributed by atoms with Crippen molar-refractivity contribution < 1.29 is 0 Å². The Bertz CT molecular complexity index is 1760. The molecule has 0 aliphatic heterocycles. The van der Waals surface area contributed by atoms with Crippen LogP contribution in [0.15, 0.2) is 180 Å². The highest BCUT2D eigenvalue weighted by atomic mass is 31.1. The highest BCUT2D eigenvalue weighted by Crippen LogP contribution is 2.34. The third-order valence-electron chi connectivity index (χ3n) is 7.48. The molecule has 0 N–H and O–H groups in total. The largest absolute Gasteiger partial charge is 0.290 e. The van der Waals surface area contributed by atoms with Crippen molar-refractivity contribution >= 4 is 60.1 Å². The van der Waals surface area contributed by atoms with Crippen molar-refractivity contribution in [3.8, 4) is 0 Å². The van der Waals surface area contributed by atoms with E-state index in [0.717, 1.165) is 11.1 Å². The molecule has 0 saturated carbocycles. The zero-order valence-electron chi connectivity index (χ0n) is 25.4. The summed E-state index contributed by atoms with van der Waals surface area (Å²) in [6, 6.07) is 60.7. The van der Waals surface area contributed by atoms with Crippen molar-refractivity contribution in [3.63, 3.8) is 0 Å². The summed E-state index contributed by atoms with van der Waals surface area (Å²) in [5.74, 6) is 0. The molecule has 0 aromatic heterocycles. The smallest absolute Gasteiger partial charge is 0.0666 e. The molecule has 0 fully saturated rings. The third-order valence-corrected chi connectivity index (χ3v) is 12.5. The Labute approximate surface area is 269 Å². The molecule has 0 unspecified atom stereocenters. The number of benzene rings is 6. The van der Waals surface area contributed by atoms with Crippen molar-refractivity contribution in [2.45, 2.75) is 13.0 Å². The summed E-state index contributed by atoms with van der Waals surface area (Å²) in [6.45, 7) is 2.76. The van der Waals surface area contributed by atoms with Crippen LogP contribution in [0.2, 0.25) is 0 Å². The van der Waals surface area contributed by atoms with Gasteiger partial charge in [0.1, 0.15) is 0 Å². The fourth-order valence-corrected chi connectivity index (χ4v) is 10.2. The van der Waals surface area contributed by atoms with Crippen LogP contribution in [-0.4, -0.2) is 25.0 Å². The molecule has 0 saturated heterocycles. The molecule has 2 nitrogen and oxygen atoms in total. The molecule has 1 atom stereocenters. The van der Waals surface area contributed by atoms with Crippen molar-refractivity contribution in [1.29, 1.82) is 0 Å². The number of rotatable bonds is 11. The molecule has 0 spiro atoms. The van der Waals surface area contributed by atoms with Crippen molar-refractivity contribution in [2.24, 2.45) is 9.98 Å². The fourth-order valence-electron chi connectivity index (χ4n) is 5.32. The lowest BCUT2D eigenvalue weighted by Crippen LogP contribution is -2.23. The van der Waals surface area contributed by atoms with Gasteiger partial charge < -0.3 is 0 Å². The number of hydrogen-bond donors (Lipinski definition) is 0.